The summed E-state index contributed by atoms with van der Waals surface area (Å²) in [4.78, 5) is 0. The van der Waals surface area contributed by atoms with Gasteiger partial charge in [-0.1, -0.05) is 30.3 Å². The lowest BCUT2D eigenvalue weighted by molar-refractivity contribution is 0.299. The minimum atomic E-state index is 0.531. The van der Waals surface area contributed by atoms with Crippen LogP contribution in [-0.2, 0) is 13.2 Å². The van der Waals surface area contributed by atoms with E-state index in [0.29, 0.717) is 19.8 Å². The standard InChI is InChI=1S/C16H19NO2/c1-2-18-15-7-4-8-16(10-15)19-12-14-6-3-5-13(9-14)11-17/h3-10H,2,11-12,17H2,1H3. The van der Waals surface area contributed by atoms with E-state index in [2.05, 4.69) is 6.07 Å². The third-order valence-corrected chi connectivity index (χ3v) is 2.75. The smallest absolute Gasteiger partial charge is 0.123 e. The molecule has 0 fully saturated rings. The van der Waals surface area contributed by atoms with Crippen molar-refractivity contribution in [2.24, 2.45) is 5.73 Å². The minimum absolute atomic E-state index is 0.531. The number of hydrogen-bond donors (Lipinski definition) is 1. The maximum absolute atomic E-state index is 5.76. The van der Waals surface area contributed by atoms with Crippen molar-refractivity contribution in [3.63, 3.8) is 0 Å². The molecule has 0 aliphatic carbocycles. The van der Waals surface area contributed by atoms with E-state index >= 15 is 0 Å². The Hall–Kier alpha value is -2.00. The summed E-state index contributed by atoms with van der Waals surface area (Å²) in [6.45, 7) is 3.70. The molecule has 0 atom stereocenters. The minimum Gasteiger partial charge on any atom is -0.494 e. The van der Waals surface area contributed by atoms with Crippen molar-refractivity contribution in [3.05, 3.63) is 59.7 Å². The number of hydrogen-bond acceptors (Lipinski definition) is 3. The first-order chi connectivity index (χ1) is 9.31. The summed E-state index contributed by atoms with van der Waals surface area (Å²) in [5.74, 6) is 1.64. The van der Waals surface area contributed by atoms with E-state index < -0.39 is 0 Å². The summed E-state index contributed by atoms with van der Waals surface area (Å²) < 4.78 is 11.2. The van der Waals surface area contributed by atoms with Crippen LogP contribution in [-0.4, -0.2) is 6.61 Å². The Morgan fingerprint density at radius 2 is 1.58 bits per heavy atom. The summed E-state index contributed by atoms with van der Waals surface area (Å²) in [7, 11) is 0. The lowest BCUT2D eigenvalue weighted by atomic mass is 10.1. The first-order valence-electron chi connectivity index (χ1n) is 6.45. The highest BCUT2D eigenvalue weighted by Crippen LogP contribution is 2.20. The molecule has 0 amide bonds. The highest BCUT2D eigenvalue weighted by molar-refractivity contribution is 5.33. The molecule has 0 bridgehead atoms. The predicted octanol–water partition coefficient (Wildman–Crippen LogP) is 3.12. The molecule has 0 unspecified atom stereocenters. The molecule has 100 valence electrons. The third kappa shape index (κ3) is 4.00. The highest BCUT2D eigenvalue weighted by Gasteiger charge is 1.99. The normalized spacial score (nSPS) is 10.2. The largest absolute Gasteiger partial charge is 0.494 e. The summed E-state index contributed by atoms with van der Waals surface area (Å²) in [5.41, 5.74) is 7.85. The first-order valence-corrected chi connectivity index (χ1v) is 6.45. The summed E-state index contributed by atoms with van der Waals surface area (Å²) >= 11 is 0. The van der Waals surface area contributed by atoms with Gasteiger partial charge >= 0.3 is 0 Å². The molecule has 0 aliphatic heterocycles. The Balaban J connectivity index is 1.99. The van der Waals surface area contributed by atoms with E-state index in [1.165, 1.54) is 0 Å². The van der Waals surface area contributed by atoms with E-state index in [1.54, 1.807) is 0 Å². The van der Waals surface area contributed by atoms with Gasteiger partial charge in [0.25, 0.3) is 0 Å². The molecule has 0 aromatic heterocycles. The van der Waals surface area contributed by atoms with E-state index in [0.717, 1.165) is 22.6 Å². The molecule has 2 rings (SSSR count). The molecular weight excluding hydrogens is 238 g/mol. The first kappa shape index (κ1) is 13.4. The molecule has 0 spiro atoms. The van der Waals surface area contributed by atoms with Gasteiger partial charge in [0.05, 0.1) is 6.61 Å². The quantitative estimate of drug-likeness (QED) is 0.864. The molecule has 2 aromatic carbocycles. The molecule has 3 heteroatoms. The molecule has 0 heterocycles. The fourth-order valence-electron chi connectivity index (χ4n) is 1.83. The summed E-state index contributed by atoms with van der Waals surface area (Å²) in [5, 5.41) is 0. The van der Waals surface area contributed by atoms with Gasteiger partial charge in [-0.3, -0.25) is 0 Å². The van der Waals surface area contributed by atoms with Crippen molar-refractivity contribution in [2.45, 2.75) is 20.1 Å². The summed E-state index contributed by atoms with van der Waals surface area (Å²) in [6.07, 6.45) is 0. The molecule has 2 N–H and O–H groups in total. The van der Waals surface area contributed by atoms with Crippen LogP contribution >= 0.6 is 0 Å². The van der Waals surface area contributed by atoms with Gasteiger partial charge in [0.15, 0.2) is 0 Å². The second kappa shape index (κ2) is 6.81. The predicted molar refractivity (Wildman–Crippen MR) is 76.3 cm³/mol. The molecule has 0 aliphatic rings. The molecular formula is C16H19NO2. The van der Waals surface area contributed by atoms with Gasteiger partial charge in [0.2, 0.25) is 0 Å². The van der Waals surface area contributed by atoms with Gasteiger partial charge < -0.3 is 15.2 Å². The van der Waals surface area contributed by atoms with Gasteiger partial charge in [-0.05, 0) is 30.2 Å². The van der Waals surface area contributed by atoms with Crippen LogP contribution in [0.25, 0.3) is 0 Å². The fourth-order valence-corrected chi connectivity index (χ4v) is 1.83. The second-order valence-electron chi connectivity index (χ2n) is 4.22. The monoisotopic (exact) mass is 257 g/mol. The van der Waals surface area contributed by atoms with E-state index in [-0.39, 0.29) is 0 Å². The SMILES string of the molecule is CCOc1cccc(OCc2cccc(CN)c2)c1. The van der Waals surface area contributed by atoms with Crippen molar-refractivity contribution >= 4 is 0 Å². The lowest BCUT2D eigenvalue weighted by Crippen LogP contribution is -2.00. The number of ether oxygens (including phenoxy) is 2. The zero-order valence-electron chi connectivity index (χ0n) is 11.1. The lowest BCUT2D eigenvalue weighted by Gasteiger charge is -2.09. The Morgan fingerprint density at radius 1 is 0.895 bits per heavy atom. The van der Waals surface area contributed by atoms with Crippen LogP contribution in [0.4, 0.5) is 0 Å². The highest BCUT2D eigenvalue weighted by atomic mass is 16.5. The number of rotatable bonds is 6. The molecule has 0 saturated heterocycles. The van der Waals surface area contributed by atoms with Crippen LogP contribution in [0.3, 0.4) is 0 Å². The van der Waals surface area contributed by atoms with E-state index in [4.69, 9.17) is 15.2 Å². The van der Waals surface area contributed by atoms with Crippen LogP contribution in [0.2, 0.25) is 0 Å². The van der Waals surface area contributed by atoms with E-state index in [9.17, 15) is 0 Å². The van der Waals surface area contributed by atoms with Crippen molar-refractivity contribution < 1.29 is 9.47 Å². The van der Waals surface area contributed by atoms with Gasteiger partial charge in [0, 0.05) is 12.6 Å². The molecule has 3 nitrogen and oxygen atoms in total. The summed E-state index contributed by atoms with van der Waals surface area (Å²) in [6, 6.07) is 15.8. The maximum Gasteiger partial charge on any atom is 0.123 e. The topological polar surface area (TPSA) is 44.5 Å². The van der Waals surface area contributed by atoms with Crippen LogP contribution in [0.15, 0.2) is 48.5 Å². The molecule has 0 radical (unpaired) electrons. The maximum atomic E-state index is 5.76. The van der Waals surface area contributed by atoms with Crippen molar-refractivity contribution in [1.29, 1.82) is 0 Å². The molecule has 2 aromatic rings. The number of nitrogens with two attached hydrogens (primary N) is 1. The number of benzene rings is 2. The fraction of sp³-hybridized carbons (Fsp3) is 0.250. The zero-order chi connectivity index (χ0) is 13.5. The Morgan fingerprint density at radius 3 is 2.32 bits per heavy atom. The van der Waals surface area contributed by atoms with Gasteiger partial charge in [0.1, 0.15) is 18.1 Å². The van der Waals surface area contributed by atoms with Gasteiger partial charge in [-0.25, -0.2) is 0 Å². The third-order valence-electron chi connectivity index (χ3n) is 2.75. The average molecular weight is 257 g/mol. The van der Waals surface area contributed by atoms with E-state index in [1.807, 2.05) is 49.4 Å². The Labute approximate surface area is 114 Å². The van der Waals surface area contributed by atoms with Crippen molar-refractivity contribution in [2.75, 3.05) is 6.61 Å². The Bertz CT molecular complexity index is 526. The van der Waals surface area contributed by atoms with Crippen molar-refractivity contribution in [3.8, 4) is 11.5 Å². The van der Waals surface area contributed by atoms with Gasteiger partial charge in [-0.15, -0.1) is 0 Å². The van der Waals surface area contributed by atoms with Crippen LogP contribution in [0, 0.1) is 0 Å². The molecule has 0 saturated carbocycles. The molecule has 19 heavy (non-hydrogen) atoms. The van der Waals surface area contributed by atoms with Crippen LogP contribution in [0.1, 0.15) is 18.1 Å². The van der Waals surface area contributed by atoms with Crippen molar-refractivity contribution in [1.82, 2.24) is 0 Å². The zero-order valence-corrected chi connectivity index (χ0v) is 11.1. The van der Waals surface area contributed by atoms with Gasteiger partial charge in [-0.2, -0.15) is 0 Å². The second-order valence-corrected chi connectivity index (χ2v) is 4.22. The van der Waals surface area contributed by atoms with Crippen LogP contribution < -0.4 is 15.2 Å². The Kier molecular flexibility index (Phi) is 4.81. The average Bonchev–Trinajstić information content (AvgIpc) is 2.46. The van der Waals surface area contributed by atoms with Crippen LogP contribution in [0.5, 0.6) is 11.5 Å².